The molecule has 0 aromatic carbocycles. The molecule has 0 saturated heterocycles. The fourth-order valence-corrected chi connectivity index (χ4v) is 0.315. The Bertz CT molecular complexity index is 207. The first kappa shape index (κ1) is 8.54. The van der Waals surface area contributed by atoms with Crippen molar-refractivity contribution in [3.05, 3.63) is 0 Å². The molecule has 0 radical (unpaired) electrons. The third-order valence-corrected chi connectivity index (χ3v) is 0.904. The van der Waals surface area contributed by atoms with Gasteiger partial charge >= 0.3 is 0 Å². The predicted molar refractivity (Wildman–Crippen MR) is 37.3 cm³/mol. The molecule has 2 atom stereocenters. The van der Waals surface area contributed by atoms with Crippen LogP contribution in [0.2, 0.25) is 0 Å². The normalized spacial score (nSPS) is 13.2. The van der Waals surface area contributed by atoms with Gasteiger partial charge in [-0.25, -0.2) is 0 Å². The Morgan fingerprint density at radius 3 is 1.40 bits per heavy atom. The molecular formula is C8H8N2. The molecule has 0 fully saturated rings. The molecule has 0 bridgehead atoms. The number of hydrogen-bond donors (Lipinski definition) is 0. The molecule has 0 aliphatic heterocycles. The van der Waals surface area contributed by atoms with Crippen LogP contribution in [0.5, 0.6) is 0 Å². The fraction of sp³-hybridized carbons (Fsp3) is 0.500. The van der Waals surface area contributed by atoms with Crippen molar-refractivity contribution in [3.63, 3.8) is 0 Å². The van der Waals surface area contributed by atoms with E-state index in [0.29, 0.717) is 0 Å². The van der Waals surface area contributed by atoms with Crippen LogP contribution in [0.25, 0.3) is 0 Å². The van der Waals surface area contributed by atoms with Gasteiger partial charge in [0.15, 0.2) is 0 Å². The molecule has 0 saturated carbocycles. The first-order chi connectivity index (χ1) is 4.70. The minimum Gasteiger partial charge on any atom is -0.197 e. The minimum atomic E-state index is -0.268. The molecule has 0 aromatic heterocycles. The van der Waals surface area contributed by atoms with E-state index in [-0.39, 0.29) is 11.8 Å². The molecule has 2 heteroatoms. The van der Waals surface area contributed by atoms with Crippen LogP contribution in [0.1, 0.15) is 13.8 Å². The van der Waals surface area contributed by atoms with Crippen LogP contribution in [0.3, 0.4) is 0 Å². The molecule has 0 amide bonds. The Hall–Kier alpha value is -1.46. The zero-order valence-electron chi connectivity index (χ0n) is 6.05. The van der Waals surface area contributed by atoms with Crippen LogP contribution in [-0.4, -0.2) is 0 Å². The van der Waals surface area contributed by atoms with Gasteiger partial charge in [-0.2, -0.15) is 10.5 Å². The summed E-state index contributed by atoms with van der Waals surface area (Å²) in [6.07, 6.45) is 0. The summed E-state index contributed by atoms with van der Waals surface area (Å²) in [6, 6.07) is 3.92. The SMILES string of the molecule is CC(C#N)C#CC(C)C#N. The molecule has 10 heavy (non-hydrogen) atoms. The molecule has 0 heterocycles. The molecule has 50 valence electrons. The van der Waals surface area contributed by atoms with Crippen molar-refractivity contribution in [1.29, 1.82) is 10.5 Å². The highest BCUT2D eigenvalue weighted by molar-refractivity contribution is 5.15. The zero-order valence-corrected chi connectivity index (χ0v) is 6.05. The monoisotopic (exact) mass is 132 g/mol. The summed E-state index contributed by atoms with van der Waals surface area (Å²) in [4.78, 5) is 0. The maximum Gasteiger partial charge on any atom is 0.104 e. The third-order valence-electron chi connectivity index (χ3n) is 0.904. The topological polar surface area (TPSA) is 47.6 Å². The number of rotatable bonds is 0. The van der Waals surface area contributed by atoms with E-state index >= 15 is 0 Å². The van der Waals surface area contributed by atoms with Gasteiger partial charge in [-0.05, 0) is 13.8 Å². The second kappa shape index (κ2) is 4.42. The molecule has 2 nitrogen and oxygen atoms in total. The number of nitrogens with zero attached hydrogens (tertiary/aromatic N) is 2. The summed E-state index contributed by atoms with van der Waals surface area (Å²) >= 11 is 0. The Morgan fingerprint density at radius 2 is 1.20 bits per heavy atom. The second-order valence-corrected chi connectivity index (χ2v) is 1.99. The highest BCUT2D eigenvalue weighted by Gasteiger charge is 1.92. The van der Waals surface area contributed by atoms with Crippen LogP contribution in [0, 0.1) is 46.3 Å². The molecule has 0 aliphatic rings. The largest absolute Gasteiger partial charge is 0.197 e. The fourth-order valence-electron chi connectivity index (χ4n) is 0.315. The van der Waals surface area contributed by atoms with E-state index in [2.05, 4.69) is 11.8 Å². The van der Waals surface area contributed by atoms with Gasteiger partial charge in [0.05, 0.1) is 12.1 Å². The van der Waals surface area contributed by atoms with E-state index in [1.807, 2.05) is 12.1 Å². The Morgan fingerprint density at radius 1 is 0.900 bits per heavy atom. The lowest BCUT2D eigenvalue weighted by molar-refractivity contribution is 0.960. The van der Waals surface area contributed by atoms with Gasteiger partial charge in [-0.1, -0.05) is 11.8 Å². The van der Waals surface area contributed by atoms with Crippen LogP contribution >= 0.6 is 0 Å². The van der Waals surface area contributed by atoms with Gasteiger partial charge in [0, 0.05) is 0 Å². The van der Waals surface area contributed by atoms with Crippen molar-refractivity contribution < 1.29 is 0 Å². The van der Waals surface area contributed by atoms with E-state index < -0.39 is 0 Å². The highest BCUT2D eigenvalue weighted by Crippen LogP contribution is 1.91. The first-order valence-electron chi connectivity index (χ1n) is 3.01. The lowest BCUT2D eigenvalue weighted by atomic mass is 10.1. The van der Waals surface area contributed by atoms with Gasteiger partial charge in [-0.3, -0.25) is 0 Å². The van der Waals surface area contributed by atoms with E-state index in [1.54, 1.807) is 13.8 Å². The average Bonchev–Trinajstić information content (AvgIpc) is 1.99. The van der Waals surface area contributed by atoms with Gasteiger partial charge in [0.1, 0.15) is 11.8 Å². The van der Waals surface area contributed by atoms with E-state index in [9.17, 15) is 0 Å². The van der Waals surface area contributed by atoms with Crippen molar-refractivity contribution in [2.75, 3.05) is 0 Å². The van der Waals surface area contributed by atoms with E-state index in [1.165, 1.54) is 0 Å². The van der Waals surface area contributed by atoms with Crippen molar-refractivity contribution in [3.8, 4) is 24.0 Å². The summed E-state index contributed by atoms with van der Waals surface area (Å²) in [5.74, 6) is 4.76. The maximum atomic E-state index is 8.28. The lowest BCUT2D eigenvalue weighted by Crippen LogP contribution is -1.86. The Kier molecular flexibility index (Phi) is 3.78. The third kappa shape index (κ3) is 3.53. The van der Waals surface area contributed by atoms with Crippen LogP contribution in [0.4, 0.5) is 0 Å². The van der Waals surface area contributed by atoms with Gasteiger partial charge in [0.25, 0.3) is 0 Å². The predicted octanol–water partition coefficient (Wildman–Crippen LogP) is 1.31. The van der Waals surface area contributed by atoms with Crippen LogP contribution in [-0.2, 0) is 0 Å². The smallest absolute Gasteiger partial charge is 0.104 e. The van der Waals surface area contributed by atoms with Crippen molar-refractivity contribution in [2.24, 2.45) is 11.8 Å². The van der Waals surface area contributed by atoms with Gasteiger partial charge in [0.2, 0.25) is 0 Å². The molecular weight excluding hydrogens is 124 g/mol. The quantitative estimate of drug-likeness (QED) is 0.466. The van der Waals surface area contributed by atoms with Gasteiger partial charge < -0.3 is 0 Å². The Balaban J connectivity index is 3.96. The second-order valence-electron chi connectivity index (χ2n) is 1.99. The molecule has 2 unspecified atom stereocenters. The molecule has 0 aromatic rings. The highest BCUT2D eigenvalue weighted by atomic mass is 14.3. The van der Waals surface area contributed by atoms with Gasteiger partial charge in [-0.15, -0.1) is 0 Å². The Labute approximate surface area is 61.1 Å². The summed E-state index contributed by atoms with van der Waals surface area (Å²) in [5.41, 5.74) is 0. The summed E-state index contributed by atoms with van der Waals surface area (Å²) in [5, 5.41) is 16.6. The maximum absolute atomic E-state index is 8.28. The summed E-state index contributed by atoms with van der Waals surface area (Å²) < 4.78 is 0. The first-order valence-corrected chi connectivity index (χ1v) is 3.01. The lowest BCUT2D eigenvalue weighted by Gasteiger charge is -1.86. The van der Waals surface area contributed by atoms with Crippen molar-refractivity contribution in [1.82, 2.24) is 0 Å². The average molecular weight is 132 g/mol. The van der Waals surface area contributed by atoms with Crippen molar-refractivity contribution in [2.45, 2.75) is 13.8 Å². The van der Waals surface area contributed by atoms with E-state index in [0.717, 1.165) is 0 Å². The molecule has 0 N–H and O–H groups in total. The minimum absolute atomic E-state index is 0.268. The number of nitriles is 2. The van der Waals surface area contributed by atoms with Crippen LogP contribution < -0.4 is 0 Å². The number of hydrogen-bond acceptors (Lipinski definition) is 2. The van der Waals surface area contributed by atoms with E-state index in [4.69, 9.17) is 10.5 Å². The van der Waals surface area contributed by atoms with Crippen molar-refractivity contribution >= 4 is 0 Å². The molecule has 0 aliphatic carbocycles. The summed E-state index contributed by atoms with van der Waals surface area (Å²) in [7, 11) is 0. The van der Waals surface area contributed by atoms with Crippen LogP contribution in [0.15, 0.2) is 0 Å². The molecule has 0 spiro atoms. The zero-order chi connectivity index (χ0) is 7.98. The molecule has 0 rings (SSSR count). The standard InChI is InChI=1S/C8H8N2/c1-7(5-9)3-4-8(2)6-10/h7-8H,1-2H3. The summed E-state index contributed by atoms with van der Waals surface area (Å²) in [6.45, 7) is 3.41.